The topological polar surface area (TPSA) is 79.0 Å². The lowest BCUT2D eigenvalue weighted by Gasteiger charge is -2.45. The van der Waals surface area contributed by atoms with Gasteiger partial charge in [-0.25, -0.2) is 8.42 Å². The van der Waals surface area contributed by atoms with Crippen molar-refractivity contribution in [2.24, 2.45) is 11.8 Å². The maximum atomic E-state index is 12.7. The number of carbonyl (C=O) groups is 1. The highest BCUT2D eigenvalue weighted by Gasteiger charge is 2.33. The Morgan fingerprint density at radius 2 is 1.69 bits per heavy atom. The summed E-state index contributed by atoms with van der Waals surface area (Å²) in [5.41, 5.74) is 0.882. The minimum absolute atomic E-state index is 0.0289. The van der Waals surface area contributed by atoms with Gasteiger partial charge in [-0.3, -0.25) is 9.69 Å². The maximum absolute atomic E-state index is 12.7. The van der Waals surface area contributed by atoms with Crippen LogP contribution in [0.2, 0.25) is 0 Å². The van der Waals surface area contributed by atoms with Crippen LogP contribution in [0.4, 0.5) is 0 Å². The van der Waals surface area contributed by atoms with Crippen LogP contribution in [-0.2, 0) is 26.0 Å². The third-order valence-corrected chi connectivity index (χ3v) is 8.53. The molecule has 2 heterocycles. The van der Waals surface area contributed by atoms with Gasteiger partial charge in [0.15, 0.2) is 0 Å². The third kappa shape index (κ3) is 6.53. The number of amides is 1. The molecular formula is C24H39N3O4S. The predicted octanol–water partition coefficient (Wildman–Crippen LogP) is 2.51. The van der Waals surface area contributed by atoms with Crippen LogP contribution in [0.5, 0.6) is 0 Å². The van der Waals surface area contributed by atoms with Crippen molar-refractivity contribution >= 4 is 15.9 Å². The number of carbonyl (C=O) groups excluding carboxylic acids is 1. The van der Waals surface area contributed by atoms with Gasteiger partial charge in [0.2, 0.25) is 15.9 Å². The van der Waals surface area contributed by atoms with Gasteiger partial charge in [-0.15, -0.1) is 0 Å². The molecule has 0 bridgehead atoms. The van der Waals surface area contributed by atoms with E-state index in [-0.39, 0.29) is 11.4 Å². The lowest BCUT2D eigenvalue weighted by Crippen LogP contribution is -2.56. The summed E-state index contributed by atoms with van der Waals surface area (Å²) in [5, 5.41) is 3.10. The third-order valence-electron chi connectivity index (χ3n) is 6.62. The van der Waals surface area contributed by atoms with E-state index < -0.39 is 10.0 Å². The van der Waals surface area contributed by atoms with Gasteiger partial charge in [0.1, 0.15) is 0 Å². The van der Waals surface area contributed by atoms with Crippen molar-refractivity contribution in [1.29, 1.82) is 0 Å². The van der Waals surface area contributed by atoms with E-state index in [2.05, 4.69) is 37.9 Å². The summed E-state index contributed by atoms with van der Waals surface area (Å²) < 4.78 is 32.1. The van der Waals surface area contributed by atoms with Crippen molar-refractivity contribution < 1.29 is 17.9 Å². The Balaban J connectivity index is 1.47. The van der Waals surface area contributed by atoms with Crippen LogP contribution >= 0.6 is 0 Å². The van der Waals surface area contributed by atoms with Crippen LogP contribution in [-0.4, -0.2) is 75.0 Å². The van der Waals surface area contributed by atoms with Crippen LogP contribution in [0.3, 0.4) is 0 Å². The lowest BCUT2D eigenvalue weighted by atomic mass is 9.88. The van der Waals surface area contributed by atoms with Gasteiger partial charge < -0.3 is 10.1 Å². The first-order valence-electron chi connectivity index (χ1n) is 11.8. The van der Waals surface area contributed by atoms with Crippen molar-refractivity contribution in [3.05, 3.63) is 29.8 Å². The number of hydrogen-bond donors (Lipinski definition) is 1. The number of hydrogen-bond acceptors (Lipinski definition) is 5. The monoisotopic (exact) mass is 465 g/mol. The fourth-order valence-electron chi connectivity index (χ4n) is 4.69. The summed E-state index contributed by atoms with van der Waals surface area (Å²) >= 11 is 0. The largest absolute Gasteiger partial charge is 0.379 e. The molecule has 0 spiro atoms. The van der Waals surface area contributed by atoms with Gasteiger partial charge >= 0.3 is 0 Å². The Hall–Kier alpha value is -1.48. The number of ether oxygens (including phenoxy) is 1. The molecule has 2 fully saturated rings. The normalized spacial score (nSPS) is 23.8. The molecule has 0 aromatic heterocycles. The molecule has 1 aromatic carbocycles. The molecule has 7 nitrogen and oxygen atoms in total. The first kappa shape index (κ1) is 25.1. The molecule has 0 aliphatic carbocycles. The van der Waals surface area contributed by atoms with Gasteiger partial charge in [-0.2, -0.15) is 4.31 Å². The highest BCUT2D eigenvalue weighted by molar-refractivity contribution is 7.89. The molecule has 0 saturated carbocycles. The Labute approximate surface area is 193 Å². The van der Waals surface area contributed by atoms with E-state index in [1.807, 2.05) is 0 Å². The number of rotatable bonds is 8. The molecule has 2 atom stereocenters. The standard InChI is InChI=1S/C24H39N3O4S/c1-19-15-20(2)17-26(16-19)24(3,4)18-25-23(28)10-7-21-5-8-22(9-6-21)32(29,30)27-11-13-31-14-12-27/h5-6,8-9,19-20H,7,10-18H2,1-4H3,(H,25,28). The van der Waals surface area contributed by atoms with Crippen molar-refractivity contribution in [2.75, 3.05) is 45.9 Å². The first-order chi connectivity index (χ1) is 15.1. The van der Waals surface area contributed by atoms with Gasteiger partial charge in [-0.05, 0) is 56.2 Å². The smallest absolute Gasteiger partial charge is 0.243 e. The molecule has 1 N–H and O–H groups in total. The minimum Gasteiger partial charge on any atom is -0.379 e. The number of morpholine rings is 1. The highest BCUT2D eigenvalue weighted by atomic mass is 32.2. The molecule has 180 valence electrons. The Morgan fingerprint density at radius 3 is 2.28 bits per heavy atom. The van der Waals surface area contributed by atoms with E-state index >= 15 is 0 Å². The zero-order chi connectivity index (χ0) is 23.4. The van der Waals surface area contributed by atoms with Gasteiger partial charge in [-0.1, -0.05) is 26.0 Å². The molecule has 32 heavy (non-hydrogen) atoms. The molecular weight excluding hydrogens is 426 g/mol. The summed E-state index contributed by atoms with van der Waals surface area (Å²) in [6.07, 6.45) is 2.24. The number of sulfonamides is 1. The molecule has 2 saturated heterocycles. The van der Waals surface area contributed by atoms with E-state index in [1.165, 1.54) is 10.7 Å². The summed E-state index contributed by atoms with van der Waals surface area (Å²) in [5.74, 6) is 1.40. The predicted molar refractivity (Wildman–Crippen MR) is 126 cm³/mol. The van der Waals surface area contributed by atoms with Crippen LogP contribution in [0.1, 0.15) is 46.1 Å². The number of benzene rings is 1. The summed E-state index contributed by atoms with van der Waals surface area (Å²) in [4.78, 5) is 15.3. The fraction of sp³-hybridized carbons (Fsp3) is 0.708. The maximum Gasteiger partial charge on any atom is 0.243 e. The van der Waals surface area contributed by atoms with Gasteiger partial charge in [0.05, 0.1) is 18.1 Å². The first-order valence-corrected chi connectivity index (χ1v) is 13.2. The highest BCUT2D eigenvalue weighted by Crippen LogP contribution is 2.27. The van der Waals surface area contributed by atoms with Crippen molar-refractivity contribution in [2.45, 2.75) is 57.4 Å². The van der Waals surface area contributed by atoms with Crippen molar-refractivity contribution in [3.63, 3.8) is 0 Å². The number of likely N-dealkylation sites (tertiary alicyclic amines) is 1. The quantitative estimate of drug-likeness (QED) is 0.638. The molecule has 8 heteroatoms. The van der Waals surface area contributed by atoms with E-state index in [0.29, 0.717) is 62.4 Å². The Bertz CT molecular complexity index is 854. The number of nitrogens with zero attached hydrogens (tertiary/aromatic N) is 2. The average molecular weight is 466 g/mol. The number of aryl methyl sites for hydroxylation is 1. The van der Waals surface area contributed by atoms with E-state index in [0.717, 1.165) is 18.7 Å². The second-order valence-electron chi connectivity index (χ2n) is 10.1. The van der Waals surface area contributed by atoms with E-state index in [1.54, 1.807) is 24.3 Å². The Kier molecular flexibility index (Phi) is 8.36. The zero-order valence-electron chi connectivity index (χ0n) is 20.0. The van der Waals surface area contributed by atoms with Crippen LogP contribution in [0.15, 0.2) is 29.2 Å². The molecule has 2 unspecified atom stereocenters. The van der Waals surface area contributed by atoms with Crippen LogP contribution < -0.4 is 5.32 Å². The SMILES string of the molecule is CC1CC(C)CN(C(C)(C)CNC(=O)CCc2ccc(S(=O)(=O)N3CCOCC3)cc2)C1. The van der Waals surface area contributed by atoms with Crippen molar-refractivity contribution in [1.82, 2.24) is 14.5 Å². The minimum atomic E-state index is -3.48. The van der Waals surface area contributed by atoms with E-state index in [9.17, 15) is 13.2 Å². The second kappa shape index (κ2) is 10.6. The molecule has 3 rings (SSSR count). The van der Waals surface area contributed by atoms with E-state index in [4.69, 9.17) is 4.74 Å². The summed E-state index contributed by atoms with van der Waals surface area (Å²) in [6, 6.07) is 6.89. The average Bonchev–Trinajstić information content (AvgIpc) is 2.76. The Morgan fingerprint density at radius 1 is 1.09 bits per heavy atom. The molecule has 0 radical (unpaired) electrons. The van der Waals surface area contributed by atoms with Crippen molar-refractivity contribution in [3.8, 4) is 0 Å². The summed E-state index contributed by atoms with van der Waals surface area (Å²) in [6.45, 7) is 13.4. The van der Waals surface area contributed by atoms with Crippen LogP contribution in [0.25, 0.3) is 0 Å². The second-order valence-corrected chi connectivity index (χ2v) is 12.0. The van der Waals surface area contributed by atoms with Gasteiger partial charge in [0, 0.05) is 44.7 Å². The molecule has 1 amide bonds. The fourth-order valence-corrected chi connectivity index (χ4v) is 6.10. The zero-order valence-corrected chi connectivity index (χ0v) is 20.8. The lowest BCUT2D eigenvalue weighted by molar-refractivity contribution is -0.121. The number of piperidine rings is 1. The molecule has 2 aliphatic heterocycles. The number of nitrogens with one attached hydrogen (secondary N) is 1. The summed E-state index contributed by atoms with van der Waals surface area (Å²) in [7, 11) is -3.48. The molecule has 1 aromatic rings. The molecule has 2 aliphatic rings. The van der Waals surface area contributed by atoms with Gasteiger partial charge in [0.25, 0.3) is 0 Å². The van der Waals surface area contributed by atoms with Crippen LogP contribution in [0, 0.1) is 11.8 Å².